The number of hydrogen-bond acceptors (Lipinski definition) is 11. The van der Waals surface area contributed by atoms with Gasteiger partial charge in [0.05, 0.1) is 6.61 Å². The molecule has 1 heterocycles. The molecule has 0 amide bonds. The van der Waals surface area contributed by atoms with Gasteiger partial charge in [0.2, 0.25) is 0 Å². The van der Waals surface area contributed by atoms with Crippen LogP contribution in [-0.4, -0.2) is 96.0 Å². The average molecular weight is 865 g/mol. The van der Waals surface area contributed by atoms with E-state index in [-0.39, 0.29) is 19.4 Å². The van der Waals surface area contributed by atoms with Gasteiger partial charge in [-0.3, -0.25) is 14.1 Å². The van der Waals surface area contributed by atoms with Crippen molar-refractivity contribution in [2.45, 2.75) is 263 Å². The lowest BCUT2D eigenvalue weighted by Crippen LogP contribution is -2.60. The molecule has 0 radical (unpaired) electrons. The standard InChI is InChI=1S/C46H88O12S/c1-3-5-7-9-11-13-14-15-16-17-18-19-20-21-22-23-24-25-27-29-31-33-35-42(48)57-39(36-55-41(47)34-32-30-28-26-12-10-8-6-4-2)37-56-46-45(51)44(50)43(49)40(58-46)38-59(52,53)54/h39-40,43-46,49-51H,3-38H2,1-2H3,(H,52,53,54)/t39-,40-,43-,44?,45?,46+/m1/s1. The molecule has 0 bridgehead atoms. The molecule has 0 aromatic rings. The minimum absolute atomic E-state index is 0.173. The van der Waals surface area contributed by atoms with Crippen molar-refractivity contribution in [3.05, 3.63) is 0 Å². The van der Waals surface area contributed by atoms with Crippen molar-refractivity contribution in [3.8, 4) is 0 Å². The lowest BCUT2D eigenvalue weighted by atomic mass is 10.00. The Labute approximate surface area is 359 Å². The Balaban J connectivity index is 2.32. The quantitative estimate of drug-likeness (QED) is 0.0259. The molecule has 0 aliphatic carbocycles. The molecule has 4 N–H and O–H groups in total. The molecule has 12 nitrogen and oxygen atoms in total. The largest absolute Gasteiger partial charge is 0.462 e. The summed E-state index contributed by atoms with van der Waals surface area (Å²) in [4.78, 5) is 25.3. The van der Waals surface area contributed by atoms with Crippen molar-refractivity contribution in [3.63, 3.8) is 0 Å². The highest BCUT2D eigenvalue weighted by Gasteiger charge is 2.46. The fourth-order valence-corrected chi connectivity index (χ4v) is 8.37. The maximum Gasteiger partial charge on any atom is 0.306 e. The fraction of sp³-hybridized carbons (Fsp3) is 0.957. The van der Waals surface area contributed by atoms with Gasteiger partial charge in [0.1, 0.15) is 36.8 Å². The number of ether oxygens (including phenoxy) is 4. The topological polar surface area (TPSA) is 186 Å². The first-order valence-corrected chi connectivity index (χ1v) is 25.7. The SMILES string of the molecule is CCCCCCCCCCCCCCCCCCCCCCCCC(=O)O[C@H](COC(=O)CCCCCCCCCCC)CO[C@H]1O[C@H](CS(=O)(=O)O)[C@@H](O)C(O)C1O. The maximum atomic E-state index is 12.8. The molecular formula is C46H88O12S. The monoisotopic (exact) mass is 865 g/mol. The summed E-state index contributed by atoms with van der Waals surface area (Å²) in [5, 5.41) is 30.9. The summed E-state index contributed by atoms with van der Waals surface area (Å²) in [7, 11) is -4.59. The Kier molecular flexibility index (Phi) is 35.1. The van der Waals surface area contributed by atoms with Crippen molar-refractivity contribution in [1.29, 1.82) is 0 Å². The van der Waals surface area contributed by atoms with Crippen molar-refractivity contribution in [2.75, 3.05) is 19.0 Å². The van der Waals surface area contributed by atoms with Gasteiger partial charge in [-0.25, -0.2) is 0 Å². The Morgan fingerprint density at radius 3 is 1.24 bits per heavy atom. The van der Waals surface area contributed by atoms with Crippen LogP contribution in [0.5, 0.6) is 0 Å². The zero-order valence-corrected chi connectivity index (χ0v) is 38.2. The first-order chi connectivity index (χ1) is 28.5. The van der Waals surface area contributed by atoms with Crippen molar-refractivity contribution < 1.29 is 56.8 Å². The molecular weight excluding hydrogens is 777 g/mol. The molecule has 1 aliphatic heterocycles. The van der Waals surface area contributed by atoms with Crippen molar-refractivity contribution in [2.24, 2.45) is 0 Å². The van der Waals surface area contributed by atoms with E-state index in [1.807, 2.05) is 0 Å². The van der Waals surface area contributed by atoms with Crippen LogP contribution >= 0.6 is 0 Å². The Bertz CT molecular complexity index is 1110. The first-order valence-electron chi connectivity index (χ1n) is 24.1. The third kappa shape index (κ3) is 32.1. The predicted molar refractivity (Wildman–Crippen MR) is 234 cm³/mol. The van der Waals surface area contributed by atoms with E-state index >= 15 is 0 Å². The second-order valence-corrected chi connectivity index (χ2v) is 18.6. The second-order valence-electron chi connectivity index (χ2n) is 17.1. The summed E-state index contributed by atoms with van der Waals surface area (Å²) in [6, 6.07) is 0. The Hall–Kier alpha value is -1.35. The van der Waals surface area contributed by atoms with Crippen LogP contribution in [0.15, 0.2) is 0 Å². The van der Waals surface area contributed by atoms with E-state index in [0.717, 1.165) is 38.5 Å². The third-order valence-corrected chi connectivity index (χ3v) is 12.2. The number of unbranched alkanes of at least 4 members (excludes halogenated alkanes) is 29. The molecule has 59 heavy (non-hydrogen) atoms. The number of rotatable bonds is 41. The van der Waals surface area contributed by atoms with Gasteiger partial charge in [0.25, 0.3) is 10.1 Å². The Morgan fingerprint density at radius 1 is 0.508 bits per heavy atom. The van der Waals surface area contributed by atoms with Crippen LogP contribution in [0.25, 0.3) is 0 Å². The summed E-state index contributed by atoms with van der Waals surface area (Å²) in [5.74, 6) is -1.97. The first kappa shape index (κ1) is 55.7. The molecule has 0 aromatic carbocycles. The summed E-state index contributed by atoms with van der Waals surface area (Å²) in [6.07, 6.45) is 28.8. The second kappa shape index (κ2) is 37.2. The molecule has 0 spiro atoms. The molecule has 1 saturated heterocycles. The van der Waals surface area contributed by atoms with Crippen LogP contribution in [0.1, 0.15) is 226 Å². The van der Waals surface area contributed by atoms with Gasteiger partial charge in [0, 0.05) is 12.8 Å². The molecule has 0 saturated carbocycles. The molecule has 350 valence electrons. The molecule has 1 fully saturated rings. The molecule has 13 heteroatoms. The zero-order valence-electron chi connectivity index (χ0n) is 37.4. The van der Waals surface area contributed by atoms with Crippen molar-refractivity contribution in [1.82, 2.24) is 0 Å². The van der Waals surface area contributed by atoms with Gasteiger partial charge in [-0.05, 0) is 12.8 Å². The van der Waals surface area contributed by atoms with E-state index in [1.54, 1.807) is 0 Å². The summed E-state index contributed by atoms with van der Waals surface area (Å²) >= 11 is 0. The smallest absolute Gasteiger partial charge is 0.306 e. The highest BCUT2D eigenvalue weighted by atomic mass is 32.2. The summed E-state index contributed by atoms with van der Waals surface area (Å²) in [6.45, 7) is 3.76. The normalized spacial score (nSPS) is 20.1. The van der Waals surface area contributed by atoms with E-state index in [0.29, 0.717) is 12.8 Å². The van der Waals surface area contributed by atoms with Gasteiger partial charge in [-0.15, -0.1) is 0 Å². The Morgan fingerprint density at radius 2 is 0.864 bits per heavy atom. The van der Waals surface area contributed by atoms with Gasteiger partial charge in [-0.2, -0.15) is 8.42 Å². The minimum atomic E-state index is -4.59. The highest BCUT2D eigenvalue weighted by Crippen LogP contribution is 2.24. The minimum Gasteiger partial charge on any atom is -0.462 e. The van der Waals surface area contributed by atoms with E-state index in [1.165, 1.54) is 148 Å². The van der Waals surface area contributed by atoms with Gasteiger partial charge in [0.15, 0.2) is 12.4 Å². The van der Waals surface area contributed by atoms with Crippen LogP contribution in [0.4, 0.5) is 0 Å². The number of carbonyl (C=O) groups excluding carboxylic acids is 2. The zero-order chi connectivity index (χ0) is 43.4. The number of esters is 2. The molecule has 0 aromatic heterocycles. The lowest BCUT2D eigenvalue weighted by Gasteiger charge is -2.40. The summed E-state index contributed by atoms with van der Waals surface area (Å²) < 4.78 is 54.0. The van der Waals surface area contributed by atoms with Crippen LogP contribution < -0.4 is 0 Å². The molecule has 1 rings (SSSR count). The van der Waals surface area contributed by atoms with E-state index in [4.69, 9.17) is 18.9 Å². The number of aliphatic hydroxyl groups excluding tert-OH is 3. The number of aliphatic hydroxyl groups is 3. The lowest BCUT2D eigenvalue weighted by molar-refractivity contribution is -0.297. The third-order valence-electron chi connectivity index (χ3n) is 11.4. The van der Waals surface area contributed by atoms with Gasteiger partial charge < -0.3 is 34.3 Å². The van der Waals surface area contributed by atoms with Gasteiger partial charge in [-0.1, -0.05) is 200 Å². The summed E-state index contributed by atoms with van der Waals surface area (Å²) in [5.41, 5.74) is 0. The molecule has 2 unspecified atom stereocenters. The fourth-order valence-electron chi connectivity index (χ4n) is 7.68. The van der Waals surface area contributed by atoms with Crippen LogP contribution in [0.2, 0.25) is 0 Å². The highest BCUT2D eigenvalue weighted by molar-refractivity contribution is 7.85. The van der Waals surface area contributed by atoms with Crippen LogP contribution in [0, 0.1) is 0 Å². The molecule has 6 atom stereocenters. The van der Waals surface area contributed by atoms with Crippen LogP contribution in [0.3, 0.4) is 0 Å². The van der Waals surface area contributed by atoms with E-state index < -0.39 is 71.2 Å². The van der Waals surface area contributed by atoms with Crippen molar-refractivity contribution >= 4 is 22.1 Å². The van der Waals surface area contributed by atoms with E-state index in [9.17, 15) is 37.9 Å². The van der Waals surface area contributed by atoms with Gasteiger partial charge >= 0.3 is 11.9 Å². The van der Waals surface area contributed by atoms with E-state index in [2.05, 4.69) is 13.8 Å². The van der Waals surface area contributed by atoms with Crippen LogP contribution in [-0.2, 0) is 38.7 Å². The maximum absolute atomic E-state index is 12.8. The number of carbonyl (C=O) groups is 2. The molecule has 1 aliphatic rings. The predicted octanol–water partition coefficient (Wildman–Crippen LogP) is 10.1. The number of hydrogen-bond donors (Lipinski definition) is 4. The average Bonchev–Trinajstić information content (AvgIpc) is 3.20.